The first-order valence-corrected chi connectivity index (χ1v) is 1.48. The molecule has 0 amide bonds. The van der Waals surface area contributed by atoms with Crippen LogP contribution in [0.25, 0.3) is 0 Å². The van der Waals surface area contributed by atoms with Crippen molar-refractivity contribution >= 4 is 11.6 Å². The molecule has 7 heavy (non-hydrogen) atoms. The zero-order valence-electron chi connectivity index (χ0n) is 3.00. The molecule has 0 radical (unpaired) electrons. The smallest absolute Gasteiger partial charge is 0.164 e. The molecule has 0 bridgehead atoms. The van der Waals surface area contributed by atoms with E-state index in [9.17, 15) is 13.2 Å². The summed E-state index contributed by atoms with van der Waals surface area (Å²) in [5.41, 5.74) is -1.85. The van der Waals surface area contributed by atoms with Crippen molar-refractivity contribution in [3.63, 3.8) is 0 Å². The van der Waals surface area contributed by atoms with E-state index >= 15 is 0 Å². The second-order valence-electron chi connectivity index (χ2n) is 0.590. The van der Waals surface area contributed by atoms with Crippen LogP contribution in [0, 0.1) is 5.63 Å². The van der Waals surface area contributed by atoms with Gasteiger partial charge in [-0.05, 0) is 5.63 Å². The molecule has 0 saturated heterocycles. The molecule has 0 spiro atoms. The summed E-state index contributed by atoms with van der Waals surface area (Å²) in [4.78, 5) is 0. The third kappa shape index (κ3) is 6.77. The Morgan fingerprint density at radius 2 is 1.57 bits per heavy atom. The average Bonchev–Trinajstić information content (AvgIpc) is 1.36. The normalized spacial score (nSPS) is 9.43. The van der Waals surface area contributed by atoms with Crippen molar-refractivity contribution in [1.82, 2.24) is 0 Å². The maximum atomic E-state index is 10.8. The predicted molar refractivity (Wildman–Crippen MR) is 16.2 cm³/mol. The molecule has 0 saturated carbocycles. The molecule has 0 aliphatic carbocycles. The maximum Gasteiger partial charge on any atom is 0.164 e. The standard InChI is InChI=1S/C2HClF3.Mo/c3-1(4)2(5)6;/h2H;/q-1;. The van der Waals surface area contributed by atoms with E-state index in [1.165, 1.54) is 0 Å². The third-order valence-corrected chi connectivity index (χ3v) is 0.330. The van der Waals surface area contributed by atoms with E-state index in [4.69, 9.17) is 0 Å². The molecular formula is C2HClF3Mo-. The molecular weight excluding hydrogens is 212 g/mol. The van der Waals surface area contributed by atoms with Crippen molar-refractivity contribution < 1.29 is 34.2 Å². The van der Waals surface area contributed by atoms with Gasteiger partial charge < -0.3 is 16.0 Å². The number of alkyl halides is 2. The molecule has 5 heteroatoms. The van der Waals surface area contributed by atoms with Crippen LogP contribution in [0.5, 0.6) is 0 Å². The van der Waals surface area contributed by atoms with Gasteiger partial charge in [0.25, 0.3) is 0 Å². The Labute approximate surface area is 58.3 Å². The van der Waals surface area contributed by atoms with Crippen LogP contribution in [-0.2, 0) is 21.1 Å². The third-order valence-electron chi connectivity index (χ3n) is 0.165. The first-order chi connectivity index (χ1) is 2.64. The van der Waals surface area contributed by atoms with Crippen molar-refractivity contribution in [2.45, 2.75) is 6.43 Å². The molecule has 0 aromatic rings. The Morgan fingerprint density at radius 3 is 1.57 bits per heavy atom. The average molecular weight is 213 g/mol. The molecule has 0 aromatic carbocycles. The SMILES string of the molecule is F[C-](Cl)C(F)F.[Mo]. The van der Waals surface area contributed by atoms with Gasteiger partial charge in [-0.1, -0.05) is 0 Å². The molecule has 0 unspecified atom stereocenters. The van der Waals surface area contributed by atoms with Crippen LogP contribution in [0.4, 0.5) is 13.2 Å². The monoisotopic (exact) mass is 215 g/mol. The maximum absolute atomic E-state index is 10.8. The van der Waals surface area contributed by atoms with E-state index in [1.807, 2.05) is 0 Å². The Hall–Kier alpha value is 0.768. The first-order valence-electron chi connectivity index (χ1n) is 1.10. The summed E-state index contributed by atoms with van der Waals surface area (Å²) < 4.78 is 32.0. The van der Waals surface area contributed by atoms with Crippen molar-refractivity contribution in [2.75, 3.05) is 0 Å². The molecule has 0 rings (SSSR count). The van der Waals surface area contributed by atoms with Gasteiger partial charge in [-0.15, -0.1) is 0 Å². The number of halogens is 4. The van der Waals surface area contributed by atoms with Gasteiger partial charge >= 0.3 is 0 Å². The van der Waals surface area contributed by atoms with Gasteiger partial charge in [-0.2, -0.15) is 0 Å². The minimum atomic E-state index is -3.13. The zero-order chi connectivity index (χ0) is 5.15. The topological polar surface area (TPSA) is 0 Å². The van der Waals surface area contributed by atoms with Gasteiger partial charge in [0.15, 0.2) is 6.43 Å². The Morgan fingerprint density at radius 1 is 1.43 bits per heavy atom. The summed E-state index contributed by atoms with van der Waals surface area (Å²) in [6.07, 6.45) is -3.13. The van der Waals surface area contributed by atoms with Crippen molar-refractivity contribution in [2.24, 2.45) is 0 Å². The van der Waals surface area contributed by atoms with Crippen LogP contribution in [0.15, 0.2) is 0 Å². The van der Waals surface area contributed by atoms with Crippen molar-refractivity contribution in [1.29, 1.82) is 0 Å². The Balaban J connectivity index is 0. The fourth-order valence-electron chi connectivity index (χ4n) is 0. The Kier molecular flexibility index (Phi) is 7.51. The summed E-state index contributed by atoms with van der Waals surface area (Å²) in [6, 6.07) is 0. The molecule has 0 aliphatic rings. The van der Waals surface area contributed by atoms with Crippen molar-refractivity contribution in [3.8, 4) is 0 Å². The van der Waals surface area contributed by atoms with Crippen LogP contribution in [0.3, 0.4) is 0 Å². The van der Waals surface area contributed by atoms with Gasteiger partial charge in [0.2, 0.25) is 0 Å². The molecule has 0 nitrogen and oxygen atoms in total. The largest absolute Gasteiger partial charge is 0.434 e. The number of rotatable bonds is 1. The van der Waals surface area contributed by atoms with Gasteiger partial charge in [-0.3, -0.25) is 0 Å². The molecule has 0 atom stereocenters. The molecule has 0 fully saturated rings. The van der Waals surface area contributed by atoms with E-state index in [1.54, 1.807) is 0 Å². The van der Waals surface area contributed by atoms with Gasteiger partial charge in [0.05, 0.1) is 0 Å². The van der Waals surface area contributed by atoms with E-state index < -0.39 is 12.1 Å². The summed E-state index contributed by atoms with van der Waals surface area (Å²) in [5.74, 6) is 0. The first kappa shape index (κ1) is 10.7. The van der Waals surface area contributed by atoms with E-state index in [0.717, 1.165) is 0 Å². The van der Waals surface area contributed by atoms with Gasteiger partial charge in [-0.25, -0.2) is 8.78 Å². The minimum absolute atomic E-state index is 0. The zero-order valence-corrected chi connectivity index (χ0v) is 5.76. The molecule has 44 valence electrons. The number of hydrogen-bond acceptors (Lipinski definition) is 0. The molecule has 0 N–H and O–H groups in total. The van der Waals surface area contributed by atoms with Gasteiger partial charge in [0, 0.05) is 21.1 Å². The molecule has 0 heterocycles. The van der Waals surface area contributed by atoms with E-state index in [2.05, 4.69) is 11.6 Å². The van der Waals surface area contributed by atoms with E-state index in [0.29, 0.717) is 0 Å². The quantitative estimate of drug-likeness (QED) is 0.461. The summed E-state index contributed by atoms with van der Waals surface area (Å²) in [7, 11) is 0. The van der Waals surface area contributed by atoms with Crippen molar-refractivity contribution in [3.05, 3.63) is 5.63 Å². The molecule has 0 aromatic heterocycles. The van der Waals surface area contributed by atoms with Crippen LogP contribution in [0.1, 0.15) is 0 Å². The fraction of sp³-hybridized carbons (Fsp3) is 0.500. The van der Waals surface area contributed by atoms with Crippen LogP contribution in [-0.4, -0.2) is 6.43 Å². The summed E-state index contributed by atoms with van der Waals surface area (Å²) in [5, 5.41) is 0. The summed E-state index contributed by atoms with van der Waals surface area (Å²) in [6.45, 7) is 0. The van der Waals surface area contributed by atoms with Crippen LogP contribution >= 0.6 is 11.6 Å². The van der Waals surface area contributed by atoms with Crippen LogP contribution in [0.2, 0.25) is 0 Å². The second-order valence-corrected chi connectivity index (χ2v) is 0.951. The second kappa shape index (κ2) is 4.92. The Bertz CT molecular complexity index is 33.9. The molecule has 0 aliphatic heterocycles. The predicted octanol–water partition coefficient (Wildman–Crippen LogP) is 1.95. The fourth-order valence-corrected chi connectivity index (χ4v) is 0. The number of hydrogen-bond donors (Lipinski definition) is 0. The van der Waals surface area contributed by atoms with Crippen LogP contribution < -0.4 is 0 Å². The minimum Gasteiger partial charge on any atom is -0.434 e. The van der Waals surface area contributed by atoms with E-state index in [-0.39, 0.29) is 21.1 Å². The van der Waals surface area contributed by atoms with Gasteiger partial charge in [0.1, 0.15) is 0 Å². The summed E-state index contributed by atoms with van der Waals surface area (Å²) >= 11 is 4.11.